The molecule has 1 unspecified atom stereocenters. The molecular weight excluding hydrogens is 349 g/mol. The van der Waals surface area contributed by atoms with Crippen molar-refractivity contribution in [1.82, 2.24) is 15.2 Å². The second kappa shape index (κ2) is 9.06. The van der Waals surface area contributed by atoms with Crippen molar-refractivity contribution in [2.24, 2.45) is 0 Å². The number of carbonyl (C=O) groups is 1. The number of nitrogens with one attached hydrogen (secondary N) is 1. The summed E-state index contributed by atoms with van der Waals surface area (Å²) in [7, 11) is 0. The molecule has 0 radical (unpaired) electrons. The summed E-state index contributed by atoms with van der Waals surface area (Å²) in [5.74, 6) is 0.262. The Hall–Kier alpha value is -1.56. The lowest BCUT2D eigenvalue weighted by molar-refractivity contribution is 0.0600. The molecule has 1 atom stereocenters. The minimum Gasteiger partial charge on any atom is -0.438 e. The summed E-state index contributed by atoms with van der Waals surface area (Å²) < 4.78 is 5.28. The molecule has 1 aliphatic heterocycles. The zero-order valence-corrected chi connectivity index (χ0v) is 15.5. The minimum absolute atomic E-state index is 0. The van der Waals surface area contributed by atoms with Crippen LogP contribution in [0, 0.1) is 6.92 Å². The van der Waals surface area contributed by atoms with E-state index in [1.807, 2.05) is 4.90 Å². The van der Waals surface area contributed by atoms with E-state index in [2.05, 4.69) is 41.5 Å². The van der Waals surface area contributed by atoms with Gasteiger partial charge in [-0.2, -0.15) is 0 Å². The van der Waals surface area contributed by atoms with E-state index in [9.17, 15) is 4.79 Å². The van der Waals surface area contributed by atoms with Crippen LogP contribution < -0.4 is 5.32 Å². The fourth-order valence-electron chi connectivity index (χ4n) is 2.86. The van der Waals surface area contributed by atoms with E-state index in [0.29, 0.717) is 18.0 Å². The number of nitrogens with zero attached hydrogens (tertiary/aromatic N) is 2. The number of piperazine rings is 1. The van der Waals surface area contributed by atoms with Gasteiger partial charge in [0, 0.05) is 19.6 Å². The molecule has 24 heavy (non-hydrogen) atoms. The van der Waals surface area contributed by atoms with Gasteiger partial charge in [0.05, 0.1) is 11.7 Å². The van der Waals surface area contributed by atoms with Gasteiger partial charge in [-0.3, -0.25) is 4.79 Å². The van der Waals surface area contributed by atoms with E-state index in [1.165, 1.54) is 12.0 Å². The van der Waals surface area contributed by atoms with Gasteiger partial charge in [-0.1, -0.05) is 31.2 Å². The molecule has 0 saturated carbocycles. The van der Waals surface area contributed by atoms with Crippen LogP contribution >= 0.6 is 24.8 Å². The fourth-order valence-corrected chi connectivity index (χ4v) is 2.86. The molecule has 1 saturated heterocycles. The first-order valence-electron chi connectivity index (χ1n) is 7.71. The Morgan fingerprint density at radius 3 is 2.62 bits per heavy atom. The molecule has 1 aliphatic rings. The quantitative estimate of drug-likeness (QED) is 0.899. The first kappa shape index (κ1) is 20.5. The molecule has 5 nitrogen and oxygen atoms in total. The summed E-state index contributed by atoms with van der Waals surface area (Å²) in [5, 5.41) is 3.37. The van der Waals surface area contributed by atoms with E-state index in [-0.39, 0.29) is 36.8 Å². The maximum Gasteiger partial charge on any atom is 0.292 e. The van der Waals surface area contributed by atoms with Crippen molar-refractivity contribution in [3.8, 4) is 0 Å². The number of benzene rings is 1. The van der Waals surface area contributed by atoms with Crippen molar-refractivity contribution in [1.29, 1.82) is 0 Å². The predicted octanol–water partition coefficient (Wildman–Crippen LogP) is 3.18. The van der Waals surface area contributed by atoms with Gasteiger partial charge in [-0.25, -0.2) is 4.98 Å². The van der Waals surface area contributed by atoms with E-state index >= 15 is 0 Å². The third-order valence-electron chi connectivity index (χ3n) is 4.22. The highest BCUT2D eigenvalue weighted by Crippen LogP contribution is 2.25. The molecule has 2 heterocycles. The Labute approximate surface area is 154 Å². The van der Waals surface area contributed by atoms with Gasteiger partial charge in [0.25, 0.3) is 5.91 Å². The molecule has 1 aromatic heterocycles. The van der Waals surface area contributed by atoms with Gasteiger partial charge in [-0.15, -0.1) is 24.8 Å². The molecule has 2 aromatic rings. The van der Waals surface area contributed by atoms with Crippen molar-refractivity contribution in [3.05, 3.63) is 53.2 Å². The van der Waals surface area contributed by atoms with Gasteiger partial charge in [0.15, 0.2) is 6.39 Å². The van der Waals surface area contributed by atoms with Crippen LogP contribution in [0.2, 0.25) is 0 Å². The summed E-state index contributed by atoms with van der Waals surface area (Å²) >= 11 is 0. The summed E-state index contributed by atoms with van der Waals surface area (Å²) in [6.45, 7) is 6.15. The first-order valence-corrected chi connectivity index (χ1v) is 7.71. The first-order chi connectivity index (χ1) is 10.7. The van der Waals surface area contributed by atoms with Gasteiger partial charge in [-0.05, 0) is 24.5 Å². The SMILES string of the molecule is CCc1ccc(C2CNCCN2C(=O)c2ocnc2C)cc1.Cl.Cl. The molecule has 1 amide bonds. The molecule has 1 fully saturated rings. The smallest absolute Gasteiger partial charge is 0.292 e. The van der Waals surface area contributed by atoms with Gasteiger partial charge in [0.2, 0.25) is 5.76 Å². The zero-order valence-electron chi connectivity index (χ0n) is 13.8. The minimum atomic E-state index is -0.0823. The number of halogens is 2. The van der Waals surface area contributed by atoms with E-state index < -0.39 is 0 Å². The average molecular weight is 372 g/mol. The number of aryl methyl sites for hydroxylation is 2. The largest absolute Gasteiger partial charge is 0.438 e. The number of carbonyl (C=O) groups excluding carboxylic acids is 1. The van der Waals surface area contributed by atoms with Crippen LogP contribution in [0.15, 0.2) is 35.1 Å². The van der Waals surface area contributed by atoms with Crippen LogP contribution in [0.5, 0.6) is 0 Å². The summed E-state index contributed by atoms with van der Waals surface area (Å²) in [6.07, 6.45) is 2.35. The third-order valence-corrected chi connectivity index (χ3v) is 4.22. The Morgan fingerprint density at radius 2 is 2.04 bits per heavy atom. The number of rotatable bonds is 3. The van der Waals surface area contributed by atoms with Gasteiger partial charge >= 0.3 is 0 Å². The molecule has 0 aliphatic carbocycles. The van der Waals surface area contributed by atoms with Crippen molar-refractivity contribution in [3.63, 3.8) is 0 Å². The molecule has 0 spiro atoms. The summed E-state index contributed by atoms with van der Waals surface area (Å²) in [6, 6.07) is 8.52. The van der Waals surface area contributed by atoms with Crippen LogP contribution in [-0.2, 0) is 6.42 Å². The number of aromatic nitrogens is 1. The second-order valence-electron chi connectivity index (χ2n) is 5.58. The molecule has 1 N–H and O–H groups in total. The van der Waals surface area contributed by atoms with E-state index in [1.54, 1.807) is 6.92 Å². The number of hydrogen-bond donors (Lipinski definition) is 1. The zero-order chi connectivity index (χ0) is 15.5. The van der Waals surface area contributed by atoms with Crippen LogP contribution in [0.25, 0.3) is 0 Å². The Balaban J connectivity index is 0.00000144. The monoisotopic (exact) mass is 371 g/mol. The predicted molar refractivity (Wildman–Crippen MR) is 98.2 cm³/mol. The fraction of sp³-hybridized carbons (Fsp3) is 0.412. The highest BCUT2D eigenvalue weighted by Gasteiger charge is 2.31. The van der Waals surface area contributed by atoms with Crippen LogP contribution in [0.3, 0.4) is 0 Å². The lowest BCUT2D eigenvalue weighted by Crippen LogP contribution is -2.48. The lowest BCUT2D eigenvalue weighted by atomic mass is 10.0. The number of hydrogen-bond acceptors (Lipinski definition) is 4. The maximum atomic E-state index is 12.8. The lowest BCUT2D eigenvalue weighted by Gasteiger charge is -2.36. The Bertz CT molecular complexity index is 658. The van der Waals surface area contributed by atoms with Gasteiger partial charge < -0.3 is 14.6 Å². The van der Waals surface area contributed by atoms with Crippen LogP contribution in [0.4, 0.5) is 0 Å². The normalized spacial score (nSPS) is 16.9. The molecule has 7 heteroatoms. The molecule has 1 aromatic carbocycles. The van der Waals surface area contributed by atoms with Gasteiger partial charge in [0.1, 0.15) is 0 Å². The van der Waals surface area contributed by atoms with E-state index in [4.69, 9.17) is 4.42 Å². The Morgan fingerprint density at radius 1 is 1.33 bits per heavy atom. The van der Waals surface area contributed by atoms with E-state index in [0.717, 1.165) is 25.1 Å². The molecular formula is C17H23Cl2N3O2. The van der Waals surface area contributed by atoms with Crippen LogP contribution in [-0.4, -0.2) is 35.4 Å². The average Bonchev–Trinajstić information content (AvgIpc) is 3.00. The molecule has 3 rings (SSSR count). The second-order valence-corrected chi connectivity index (χ2v) is 5.58. The van der Waals surface area contributed by atoms with Crippen molar-refractivity contribution >= 4 is 30.7 Å². The summed E-state index contributed by atoms with van der Waals surface area (Å²) in [5.41, 5.74) is 3.09. The summed E-state index contributed by atoms with van der Waals surface area (Å²) in [4.78, 5) is 18.7. The molecule has 132 valence electrons. The molecule has 0 bridgehead atoms. The van der Waals surface area contributed by atoms with Crippen molar-refractivity contribution in [2.75, 3.05) is 19.6 Å². The van der Waals surface area contributed by atoms with Crippen molar-refractivity contribution < 1.29 is 9.21 Å². The van der Waals surface area contributed by atoms with Crippen molar-refractivity contribution in [2.45, 2.75) is 26.3 Å². The van der Waals surface area contributed by atoms with Crippen LogP contribution in [0.1, 0.15) is 40.3 Å². The highest BCUT2D eigenvalue weighted by atomic mass is 35.5. The topological polar surface area (TPSA) is 58.4 Å². The standard InChI is InChI=1S/C17H21N3O2.2ClH/c1-3-13-4-6-14(7-5-13)15-10-18-8-9-20(15)17(21)16-12(2)19-11-22-16;;/h4-7,11,15,18H,3,8-10H2,1-2H3;2*1H. The third kappa shape index (κ3) is 4.09. The Kier molecular flexibility index (Phi) is 7.73. The number of amides is 1. The highest BCUT2D eigenvalue weighted by molar-refractivity contribution is 5.92. The maximum absolute atomic E-state index is 12.8. The number of oxazole rings is 1.